The number of fused-ring (bicyclic) bond motifs is 1. The van der Waals surface area contributed by atoms with Crippen molar-refractivity contribution < 1.29 is 14.3 Å². The SMILES string of the molecule is CCNCCNc1ccc(C(=O)Nc2n[nH]c3nc(-c4c(Cl)c(OC)cc(OC)c4Cl)ccc23)cn1. The van der Waals surface area contributed by atoms with Crippen molar-refractivity contribution in [3.05, 3.63) is 52.1 Å². The second kappa shape index (κ2) is 11.4. The largest absolute Gasteiger partial charge is 0.495 e. The van der Waals surface area contributed by atoms with E-state index < -0.39 is 0 Å². The summed E-state index contributed by atoms with van der Waals surface area (Å²) in [4.78, 5) is 21.7. The number of halogens is 2. The number of likely N-dealkylation sites (N-methyl/N-ethyl adjacent to an activating group) is 1. The van der Waals surface area contributed by atoms with E-state index in [9.17, 15) is 4.79 Å². The Morgan fingerprint density at radius 3 is 2.44 bits per heavy atom. The predicted octanol–water partition coefficient (Wildman–Crippen LogP) is 4.62. The average molecular weight is 530 g/mol. The number of carbonyl (C=O) groups excluding carboxylic acids is 1. The topological polar surface area (TPSA) is 126 Å². The standard InChI is InChI=1S/C24H25Cl2N7O3/c1-4-27-9-10-28-18-8-5-13(12-29-18)24(34)31-23-14-6-7-15(30-22(14)32-33-23)19-20(25)16(35-2)11-17(36-3)21(19)26/h5-8,11-12,27H,4,9-10H2,1-3H3,(H,28,29)(H2,30,31,32,33,34). The molecule has 4 N–H and O–H groups in total. The van der Waals surface area contributed by atoms with Crippen molar-refractivity contribution in [2.45, 2.75) is 6.92 Å². The first-order valence-electron chi connectivity index (χ1n) is 11.1. The van der Waals surface area contributed by atoms with Gasteiger partial charge in [-0.15, -0.1) is 0 Å². The lowest BCUT2D eigenvalue weighted by molar-refractivity contribution is 0.102. The van der Waals surface area contributed by atoms with E-state index in [2.05, 4.69) is 36.1 Å². The minimum atomic E-state index is -0.345. The molecule has 10 nitrogen and oxygen atoms in total. The normalized spacial score (nSPS) is 10.9. The number of rotatable bonds is 10. The number of carbonyl (C=O) groups is 1. The van der Waals surface area contributed by atoms with E-state index >= 15 is 0 Å². The highest BCUT2D eigenvalue weighted by atomic mass is 35.5. The molecule has 4 rings (SSSR count). The summed E-state index contributed by atoms with van der Waals surface area (Å²) in [5.41, 5.74) is 1.78. The van der Waals surface area contributed by atoms with Crippen molar-refractivity contribution in [1.29, 1.82) is 0 Å². The van der Waals surface area contributed by atoms with Gasteiger partial charge in [-0.2, -0.15) is 5.10 Å². The fraction of sp³-hybridized carbons (Fsp3) is 0.250. The number of amides is 1. The number of benzene rings is 1. The third-order valence-electron chi connectivity index (χ3n) is 5.37. The Hall–Kier alpha value is -3.60. The maximum absolute atomic E-state index is 12.8. The molecule has 0 aliphatic rings. The quantitative estimate of drug-likeness (QED) is 0.219. The van der Waals surface area contributed by atoms with E-state index in [-0.39, 0.29) is 5.91 Å². The molecular weight excluding hydrogens is 505 g/mol. The molecule has 0 unspecified atom stereocenters. The Bertz CT molecular complexity index is 1350. The number of nitrogens with one attached hydrogen (secondary N) is 4. The van der Waals surface area contributed by atoms with Crippen LogP contribution in [0.2, 0.25) is 10.0 Å². The lowest BCUT2D eigenvalue weighted by Gasteiger charge is -2.14. The van der Waals surface area contributed by atoms with Crippen LogP contribution in [-0.4, -0.2) is 59.9 Å². The minimum absolute atomic E-state index is 0.301. The molecule has 0 aliphatic heterocycles. The maximum Gasteiger partial charge on any atom is 0.258 e. The highest BCUT2D eigenvalue weighted by molar-refractivity contribution is 6.41. The second-order valence-electron chi connectivity index (χ2n) is 7.62. The number of anilines is 2. The summed E-state index contributed by atoms with van der Waals surface area (Å²) in [7, 11) is 3.01. The molecule has 0 bridgehead atoms. The summed E-state index contributed by atoms with van der Waals surface area (Å²) < 4.78 is 10.7. The van der Waals surface area contributed by atoms with E-state index in [0.29, 0.717) is 61.0 Å². The summed E-state index contributed by atoms with van der Waals surface area (Å²) in [6, 6.07) is 8.56. The monoisotopic (exact) mass is 529 g/mol. The molecule has 1 aromatic carbocycles. The van der Waals surface area contributed by atoms with Crippen molar-refractivity contribution >= 4 is 51.8 Å². The number of methoxy groups -OCH3 is 2. The molecule has 3 aromatic heterocycles. The molecule has 0 saturated carbocycles. The van der Waals surface area contributed by atoms with Crippen LogP contribution in [0.4, 0.5) is 11.6 Å². The van der Waals surface area contributed by atoms with Gasteiger partial charge in [0.2, 0.25) is 0 Å². The van der Waals surface area contributed by atoms with Crippen LogP contribution in [0, 0.1) is 0 Å². The number of pyridine rings is 2. The van der Waals surface area contributed by atoms with Gasteiger partial charge in [-0.3, -0.25) is 9.89 Å². The molecule has 0 fully saturated rings. The van der Waals surface area contributed by atoms with Gasteiger partial charge in [0, 0.05) is 30.9 Å². The minimum Gasteiger partial charge on any atom is -0.495 e. The van der Waals surface area contributed by atoms with Crippen LogP contribution in [0.5, 0.6) is 11.5 Å². The van der Waals surface area contributed by atoms with Crippen molar-refractivity contribution in [1.82, 2.24) is 25.5 Å². The molecule has 3 heterocycles. The van der Waals surface area contributed by atoms with E-state index in [1.165, 1.54) is 20.4 Å². The smallest absolute Gasteiger partial charge is 0.258 e. The zero-order valence-electron chi connectivity index (χ0n) is 19.9. The van der Waals surface area contributed by atoms with Crippen LogP contribution in [-0.2, 0) is 0 Å². The van der Waals surface area contributed by atoms with E-state index in [4.69, 9.17) is 32.7 Å². The molecule has 0 radical (unpaired) electrons. The van der Waals surface area contributed by atoms with Gasteiger partial charge < -0.3 is 25.4 Å². The number of hydrogen-bond acceptors (Lipinski definition) is 8. The van der Waals surface area contributed by atoms with Crippen LogP contribution in [0.3, 0.4) is 0 Å². The molecule has 0 saturated heterocycles. The number of aromatic nitrogens is 4. The Morgan fingerprint density at radius 1 is 1.06 bits per heavy atom. The predicted molar refractivity (Wildman–Crippen MR) is 142 cm³/mol. The number of aromatic amines is 1. The van der Waals surface area contributed by atoms with Crippen molar-refractivity contribution in [3.8, 4) is 22.8 Å². The zero-order chi connectivity index (χ0) is 25.7. The van der Waals surface area contributed by atoms with Gasteiger partial charge in [0.1, 0.15) is 17.3 Å². The summed E-state index contributed by atoms with van der Waals surface area (Å²) in [6.45, 7) is 4.52. The van der Waals surface area contributed by atoms with E-state index in [1.807, 2.05) is 6.92 Å². The molecular formula is C24H25Cl2N7O3. The molecule has 0 atom stereocenters. The summed E-state index contributed by atoms with van der Waals surface area (Å²) >= 11 is 13.0. The van der Waals surface area contributed by atoms with Gasteiger partial charge >= 0.3 is 0 Å². The van der Waals surface area contributed by atoms with E-state index in [1.54, 1.807) is 30.3 Å². The molecule has 0 spiro atoms. The van der Waals surface area contributed by atoms with Gasteiger partial charge in [-0.05, 0) is 30.8 Å². The highest BCUT2D eigenvalue weighted by Gasteiger charge is 2.21. The fourth-order valence-corrected chi connectivity index (χ4v) is 4.21. The summed E-state index contributed by atoms with van der Waals surface area (Å²) in [5, 5.41) is 17.5. The van der Waals surface area contributed by atoms with Crippen molar-refractivity contribution in [2.75, 3.05) is 44.5 Å². The Kier molecular flexibility index (Phi) is 8.09. The Balaban J connectivity index is 1.54. The van der Waals surface area contributed by atoms with Gasteiger partial charge in [0.15, 0.2) is 11.5 Å². The Labute approximate surface area is 217 Å². The van der Waals surface area contributed by atoms with Crippen LogP contribution >= 0.6 is 23.2 Å². The molecule has 188 valence electrons. The lowest BCUT2D eigenvalue weighted by atomic mass is 10.1. The van der Waals surface area contributed by atoms with Gasteiger partial charge in [0.25, 0.3) is 5.91 Å². The molecule has 1 amide bonds. The third kappa shape index (κ3) is 5.30. The van der Waals surface area contributed by atoms with E-state index in [0.717, 1.165) is 19.6 Å². The number of ether oxygens (including phenoxy) is 2. The first-order valence-corrected chi connectivity index (χ1v) is 11.9. The van der Waals surface area contributed by atoms with Crippen LogP contribution < -0.4 is 25.4 Å². The van der Waals surface area contributed by atoms with Gasteiger partial charge in [-0.1, -0.05) is 30.1 Å². The second-order valence-corrected chi connectivity index (χ2v) is 8.37. The highest BCUT2D eigenvalue weighted by Crippen LogP contribution is 2.45. The third-order valence-corrected chi connectivity index (χ3v) is 6.12. The zero-order valence-corrected chi connectivity index (χ0v) is 21.4. The summed E-state index contributed by atoms with van der Waals surface area (Å²) in [5.74, 6) is 1.49. The first kappa shape index (κ1) is 25.5. The Morgan fingerprint density at radius 2 is 1.81 bits per heavy atom. The molecule has 36 heavy (non-hydrogen) atoms. The van der Waals surface area contributed by atoms with Crippen LogP contribution in [0.1, 0.15) is 17.3 Å². The van der Waals surface area contributed by atoms with Crippen molar-refractivity contribution in [2.24, 2.45) is 0 Å². The number of H-pyrrole nitrogens is 1. The van der Waals surface area contributed by atoms with Gasteiger partial charge in [0.05, 0.1) is 40.9 Å². The first-order chi connectivity index (χ1) is 17.5. The summed E-state index contributed by atoms with van der Waals surface area (Å²) in [6.07, 6.45) is 1.51. The fourth-order valence-electron chi connectivity index (χ4n) is 3.52. The van der Waals surface area contributed by atoms with Crippen LogP contribution in [0.25, 0.3) is 22.3 Å². The molecule has 0 aliphatic carbocycles. The molecule has 12 heteroatoms. The number of hydrogen-bond donors (Lipinski definition) is 4. The molecule has 4 aromatic rings. The lowest BCUT2D eigenvalue weighted by Crippen LogP contribution is -2.22. The van der Waals surface area contributed by atoms with Crippen LogP contribution in [0.15, 0.2) is 36.5 Å². The maximum atomic E-state index is 12.8. The number of nitrogens with zero attached hydrogens (tertiary/aromatic N) is 3. The van der Waals surface area contributed by atoms with Gasteiger partial charge in [-0.25, -0.2) is 9.97 Å². The van der Waals surface area contributed by atoms with Crippen molar-refractivity contribution in [3.63, 3.8) is 0 Å². The average Bonchev–Trinajstić information content (AvgIpc) is 3.29.